The minimum atomic E-state index is -1.57. The monoisotopic (exact) mass is 323 g/mol. The second-order valence-corrected chi connectivity index (χ2v) is 5.52. The van der Waals surface area contributed by atoms with E-state index in [0.29, 0.717) is 6.54 Å². The summed E-state index contributed by atoms with van der Waals surface area (Å²) in [5, 5.41) is 41.9. The Morgan fingerprint density at radius 3 is 2.23 bits per heavy atom. The molecule has 0 aromatic heterocycles. The highest BCUT2D eigenvalue weighted by Gasteiger charge is 2.30. The zero-order valence-electron chi connectivity index (χ0n) is 12.8. The van der Waals surface area contributed by atoms with Gasteiger partial charge in [0.1, 0.15) is 24.9 Å². The van der Waals surface area contributed by atoms with Crippen molar-refractivity contribution < 1.29 is 35.4 Å². The molecule has 1 rings (SSSR count). The van der Waals surface area contributed by atoms with Crippen molar-refractivity contribution in [1.29, 1.82) is 0 Å². The van der Waals surface area contributed by atoms with E-state index < -0.39 is 37.0 Å². The van der Waals surface area contributed by atoms with E-state index in [4.69, 9.17) is 4.74 Å². The maximum absolute atomic E-state index is 11.4. The van der Waals surface area contributed by atoms with E-state index in [1.165, 1.54) is 0 Å². The molecule has 7 N–H and O–H groups in total. The lowest BCUT2D eigenvalue weighted by Gasteiger charge is -2.26. The fourth-order valence-electron chi connectivity index (χ4n) is 2.22. The van der Waals surface area contributed by atoms with Crippen molar-refractivity contribution in [2.75, 3.05) is 19.7 Å². The lowest BCUT2D eigenvalue weighted by Crippen LogP contribution is -2.49. The molecule has 0 spiro atoms. The topological polar surface area (TPSA) is 151 Å². The summed E-state index contributed by atoms with van der Waals surface area (Å²) in [6.45, 7) is 0.451. The molecular weight excluding hydrogens is 294 g/mol. The lowest BCUT2D eigenvalue weighted by molar-refractivity contribution is -0.154. The molecule has 1 heterocycles. The van der Waals surface area contributed by atoms with Crippen LogP contribution in [0, 0.1) is 0 Å². The van der Waals surface area contributed by atoms with Crippen molar-refractivity contribution in [2.24, 2.45) is 0 Å². The molecule has 0 aromatic rings. The zero-order valence-corrected chi connectivity index (χ0v) is 12.8. The number of cyclic esters (lactones) is 1. The summed E-state index contributed by atoms with van der Waals surface area (Å²) in [5.74, 6) is -0.426. The van der Waals surface area contributed by atoms with Gasteiger partial charge in [-0.1, -0.05) is 19.3 Å². The summed E-state index contributed by atoms with van der Waals surface area (Å²) in [6.07, 6.45) is -0.714. The van der Waals surface area contributed by atoms with Crippen molar-refractivity contribution in [3.05, 3.63) is 0 Å². The number of aliphatic hydroxyl groups excluding tert-OH is 4. The van der Waals surface area contributed by atoms with Gasteiger partial charge in [-0.3, -0.25) is 4.79 Å². The summed E-state index contributed by atoms with van der Waals surface area (Å²) >= 11 is 0. The Morgan fingerprint density at radius 1 is 0.909 bits per heavy atom. The fourth-order valence-corrected chi connectivity index (χ4v) is 2.22. The molecule has 0 saturated carbocycles. The molecule has 0 aliphatic carbocycles. The van der Waals surface area contributed by atoms with Gasteiger partial charge in [0.15, 0.2) is 0 Å². The van der Waals surface area contributed by atoms with Gasteiger partial charge in [0.2, 0.25) is 0 Å². The van der Waals surface area contributed by atoms with Crippen molar-refractivity contribution in [1.82, 2.24) is 5.32 Å². The Labute approximate surface area is 130 Å². The van der Waals surface area contributed by atoms with Crippen LogP contribution in [0.3, 0.4) is 0 Å². The molecule has 0 amide bonds. The predicted octanol–water partition coefficient (Wildman–Crippen LogP) is -1.91. The molecule has 1 aliphatic rings. The SMILES string of the molecule is O.O=C1CCCCCCCNC[C@@H](O)[C@@H](O)[C@H](O)[C@@H](O)CO1. The highest BCUT2D eigenvalue weighted by atomic mass is 16.5. The molecule has 1 aliphatic heterocycles. The van der Waals surface area contributed by atoms with Gasteiger partial charge in [0, 0.05) is 13.0 Å². The summed E-state index contributed by atoms with van der Waals surface area (Å²) < 4.78 is 4.85. The molecule has 8 heteroatoms. The van der Waals surface area contributed by atoms with Crippen LogP contribution in [-0.2, 0) is 9.53 Å². The van der Waals surface area contributed by atoms with Gasteiger partial charge in [-0.2, -0.15) is 0 Å². The summed E-state index contributed by atoms with van der Waals surface area (Å²) in [5.41, 5.74) is 0. The van der Waals surface area contributed by atoms with Gasteiger partial charge in [-0.25, -0.2) is 0 Å². The third-order valence-corrected chi connectivity index (χ3v) is 3.64. The number of esters is 1. The Hall–Kier alpha value is -0.770. The predicted molar refractivity (Wildman–Crippen MR) is 79.2 cm³/mol. The maximum atomic E-state index is 11.4. The van der Waals surface area contributed by atoms with Gasteiger partial charge in [-0.15, -0.1) is 0 Å². The van der Waals surface area contributed by atoms with Crippen molar-refractivity contribution in [3.8, 4) is 0 Å². The summed E-state index contributed by atoms with van der Waals surface area (Å²) in [7, 11) is 0. The van der Waals surface area contributed by atoms with Crippen molar-refractivity contribution in [3.63, 3.8) is 0 Å². The number of rotatable bonds is 0. The average Bonchev–Trinajstić information content (AvgIpc) is 2.48. The molecule has 0 unspecified atom stereocenters. The number of nitrogens with one attached hydrogen (secondary N) is 1. The number of hydrogen-bond donors (Lipinski definition) is 5. The first kappa shape index (κ1) is 21.2. The van der Waals surface area contributed by atoms with E-state index in [1.54, 1.807) is 0 Å². The van der Waals surface area contributed by atoms with Crippen LogP contribution in [0.5, 0.6) is 0 Å². The molecule has 1 fully saturated rings. The Morgan fingerprint density at radius 2 is 1.50 bits per heavy atom. The van der Waals surface area contributed by atoms with Crippen LogP contribution < -0.4 is 5.32 Å². The van der Waals surface area contributed by atoms with E-state index in [2.05, 4.69) is 5.32 Å². The second kappa shape index (κ2) is 11.8. The van der Waals surface area contributed by atoms with Gasteiger partial charge >= 0.3 is 5.97 Å². The molecular formula is C14H29NO7. The summed E-state index contributed by atoms with van der Waals surface area (Å²) in [4.78, 5) is 11.4. The van der Waals surface area contributed by atoms with Crippen LogP contribution in [0.4, 0.5) is 0 Å². The van der Waals surface area contributed by atoms with Crippen LogP contribution in [0.15, 0.2) is 0 Å². The third kappa shape index (κ3) is 8.02. The quantitative estimate of drug-likeness (QED) is 0.326. The highest BCUT2D eigenvalue weighted by Crippen LogP contribution is 2.09. The number of carbonyl (C=O) groups is 1. The molecule has 1 saturated heterocycles. The van der Waals surface area contributed by atoms with Crippen LogP contribution in [0.25, 0.3) is 0 Å². The van der Waals surface area contributed by atoms with E-state index in [0.717, 1.165) is 32.1 Å². The lowest BCUT2D eigenvalue weighted by atomic mass is 10.0. The van der Waals surface area contributed by atoms with Gasteiger partial charge in [0.05, 0.1) is 6.10 Å². The average molecular weight is 323 g/mol. The van der Waals surface area contributed by atoms with Gasteiger partial charge in [0.25, 0.3) is 0 Å². The number of aliphatic hydroxyl groups is 4. The Bertz CT molecular complexity index is 303. The molecule has 0 bridgehead atoms. The zero-order chi connectivity index (χ0) is 15.7. The number of carbonyl (C=O) groups excluding carboxylic acids is 1. The van der Waals surface area contributed by atoms with Crippen LogP contribution >= 0.6 is 0 Å². The van der Waals surface area contributed by atoms with E-state index >= 15 is 0 Å². The van der Waals surface area contributed by atoms with Crippen LogP contribution in [0.1, 0.15) is 38.5 Å². The first-order chi connectivity index (χ1) is 10.0. The molecule has 0 aromatic carbocycles. The minimum Gasteiger partial charge on any atom is -0.463 e. The number of β-amino-alcohol motifs (C(OH)–C–C–N with tert-alkyl or cyclic N) is 1. The smallest absolute Gasteiger partial charge is 0.305 e. The Kier molecular flexibility index (Phi) is 11.3. The molecule has 4 atom stereocenters. The largest absolute Gasteiger partial charge is 0.463 e. The standard InChI is InChI=1S/C14H27NO6.H2O/c16-10-8-15-7-5-3-1-2-4-6-12(18)21-9-11(17)14(20)13(10)19;/h10-11,13-17,19-20H,1-9H2;1H2/t10-,11+,13-,14-;/m1./s1. The normalized spacial score (nSPS) is 33.5. The second-order valence-electron chi connectivity index (χ2n) is 5.52. The third-order valence-electron chi connectivity index (χ3n) is 3.64. The molecule has 22 heavy (non-hydrogen) atoms. The molecule has 132 valence electrons. The van der Waals surface area contributed by atoms with E-state index in [1.807, 2.05) is 0 Å². The minimum absolute atomic E-state index is 0. The summed E-state index contributed by atoms with van der Waals surface area (Å²) in [6, 6.07) is 0. The van der Waals surface area contributed by atoms with Gasteiger partial charge in [-0.05, 0) is 19.4 Å². The van der Waals surface area contributed by atoms with Crippen molar-refractivity contribution in [2.45, 2.75) is 62.9 Å². The first-order valence-corrected chi connectivity index (χ1v) is 7.61. The highest BCUT2D eigenvalue weighted by molar-refractivity contribution is 5.69. The Balaban J connectivity index is 0.00000441. The number of ether oxygens (including phenoxy) is 1. The fraction of sp³-hybridized carbons (Fsp3) is 0.929. The van der Waals surface area contributed by atoms with Crippen LogP contribution in [0.2, 0.25) is 0 Å². The van der Waals surface area contributed by atoms with E-state index in [-0.39, 0.29) is 18.4 Å². The van der Waals surface area contributed by atoms with Gasteiger partial charge < -0.3 is 36.0 Å². The van der Waals surface area contributed by atoms with Crippen molar-refractivity contribution >= 4 is 5.97 Å². The maximum Gasteiger partial charge on any atom is 0.305 e. The number of hydrogen-bond acceptors (Lipinski definition) is 7. The molecule has 0 radical (unpaired) electrons. The molecule has 8 nitrogen and oxygen atoms in total. The van der Waals surface area contributed by atoms with Crippen LogP contribution in [-0.4, -0.2) is 76.0 Å². The van der Waals surface area contributed by atoms with E-state index in [9.17, 15) is 25.2 Å². The first-order valence-electron chi connectivity index (χ1n) is 7.61.